The molecule has 1 unspecified atom stereocenters. The van der Waals surface area contributed by atoms with Crippen molar-refractivity contribution in [3.05, 3.63) is 59.7 Å². The molecule has 2 amide bonds. The Labute approximate surface area is 193 Å². The van der Waals surface area contributed by atoms with E-state index in [2.05, 4.69) is 29.6 Å². The summed E-state index contributed by atoms with van der Waals surface area (Å²) in [6.45, 7) is 1.99. The highest BCUT2D eigenvalue weighted by molar-refractivity contribution is 5.85. The average molecular weight is 451 g/mol. The van der Waals surface area contributed by atoms with Crippen LogP contribution in [0, 0.1) is 5.92 Å². The molecule has 0 aliphatic heterocycles. The van der Waals surface area contributed by atoms with Gasteiger partial charge in [0.1, 0.15) is 12.6 Å². The third-order valence-electron chi connectivity index (χ3n) is 6.93. The number of alkyl carbamates (subject to hydrolysis) is 1. The highest BCUT2D eigenvalue weighted by atomic mass is 16.5. The summed E-state index contributed by atoms with van der Waals surface area (Å²) in [4.78, 5) is 38.0. The SMILES string of the molecule is CCC(C(=O)O)N(C)C(=O)[C@@H]1CC[C@H](NC(=O)OCC2c3ccccc3-c3ccccc32)C1. The standard InChI is InChI=1S/C26H30N2O5/c1-3-23(25(30)31)28(2)24(29)16-12-13-17(14-16)27-26(32)33-15-22-20-10-6-4-8-18(20)19-9-5-7-11-21(19)22/h4-11,16-17,22-23H,3,12-15H2,1-2H3,(H,27,32)(H,30,31)/t16-,17+,23?/m1/s1. The highest BCUT2D eigenvalue weighted by Crippen LogP contribution is 2.44. The number of likely N-dealkylation sites (N-methyl/N-ethyl adjacent to an activating group) is 1. The van der Waals surface area contributed by atoms with Gasteiger partial charge < -0.3 is 20.1 Å². The Balaban J connectivity index is 1.32. The van der Waals surface area contributed by atoms with Gasteiger partial charge in [0, 0.05) is 24.9 Å². The smallest absolute Gasteiger partial charge is 0.407 e. The molecule has 0 aromatic heterocycles. The van der Waals surface area contributed by atoms with Crippen LogP contribution in [0.1, 0.15) is 49.7 Å². The van der Waals surface area contributed by atoms with Crippen LogP contribution in [0.2, 0.25) is 0 Å². The molecule has 4 rings (SSSR count). The topological polar surface area (TPSA) is 95.9 Å². The predicted molar refractivity (Wildman–Crippen MR) is 124 cm³/mol. The molecule has 1 saturated carbocycles. The fourth-order valence-electron chi connectivity index (χ4n) is 5.20. The van der Waals surface area contributed by atoms with Gasteiger partial charge in [0.25, 0.3) is 0 Å². The van der Waals surface area contributed by atoms with E-state index in [1.807, 2.05) is 24.3 Å². The Bertz CT molecular complexity index is 1010. The molecule has 0 bridgehead atoms. The number of amides is 2. The van der Waals surface area contributed by atoms with Crippen LogP contribution in [0.25, 0.3) is 11.1 Å². The van der Waals surface area contributed by atoms with Crippen molar-refractivity contribution < 1.29 is 24.2 Å². The minimum Gasteiger partial charge on any atom is -0.480 e. The lowest BCUT2D eigenvalue weighted by Gasteiger charge is -2.26. The van der Waals surface area contributed by atoms with E-state index in [0.717, 1.165) is 11.1 Å². The Kier molecular flexibility index (Phi) is 6.67. The first kappa shape index (κ1) is 22.8. The van der Waals surface area contributed by atoms with Gasteiger partial charge in [0.2, 0.25) is 5.91 Å². The molecule has 174 valence electrons. The molecule has 2 aromatic rings. The lowest BCUT2D eigenvalue weighted by atomic mass is 9.98. The van der Waals surface area contributed by atoms with E-state index in [9.17, 15) is 19.5 Å². The van der Waals surface area contributed by atoms with Crippen molar-refractivity contribution in [1.29, 1.82) is 0 Å². The molecule has 33 heavy (non-hydrogen) atoms. The van der Waals surface area contributed by atoms with Crippen molar-refractivity contribution in [1.82, 2.24) is 10.2 Å². The molecule has 2 aromatic carbocycles. The summed E-state index contributed by atoms with van der Waals surface area (Å²) in [6.07, 6.45) is 1.64. The van der Waals surface area contributed by atoms with Crippen molar-refractivity contribution >= 4 is 18.0 Å². The fraction of sp³-hybridized carbons (Fsp3) is 0.423. The number of carbonyl (C=O) groups is 3. The van der Waals surface area contributed by atoms with E-state index in [1.54, 1.807) is 6.92 Å². The molecule has 0 heterocycles. The van der Waals surface area contributed by atoms with Gasteiger partial charge in [-0.2, -0.15) is 0 Å². The van der Waals surface area contributed by atoms with Crippen molar-refractivity contribution in [2.75, 3.05) is 13.7 Å². The number of nitrogens with zero attached hydrogens (tertiary/aromatic N) is 1. The Morgan fingerprint density at radius 3 is 2.24 bits per heavy atom. The van der Waals surface area contributed by atoms with Crippen molar-refractivity contribution in [3.63, 3.8) is 0 Å². The van der Waals surface area contributed by atoms with E-state index >= 15 is 0 Å². The maximum Gasteiger partial charge on any atom is 0.407 e. The molecule has 7 nitrogen and oxygen atoms in total. The zero-order chi connectivity index (χ0) is 23.5. The second-order valence-electron chi connectivity index (χ2n) is 8.89. The number of carbonyl (C=O) groups excluding carboxylic acids is 2. The molecule has 1 fully saturated rings. The molecule has 0 spiro atoms. The van der Waals surface area contributed by atoms with Gasteiger partial charge in [-0.15, -0.1) is 0 Å². The minimum atomic E-state index is -1.00. The minimum absolute atomic E-state index is 0.00306. The van der Waals surface area contributed by atoms with Gasteiger partial charge >= 0.3 is 12.1 Å². The summed E-state index contributed by atoms with van der Waals surface area (Å²) in [5.41, 5.74) is 4.67. The number of aliphatic carboxylic acids is 1. The summed E-state index contributed by atoms with van der Waals surface area (Å²) in [5.74, 6) is -1.47. The maximum atomic E-state index is 12.7. The molecule has 7 heteroatoms. The van der Waals surface area contributed by atoms with Gasteiger partial charge in [0.05, 0.1) is 0 Å². The van der Waals surface area contributed by atoms with E-state index < -0.39 is 18.1 Å². The second kappa shape index (κ2) is 9.65. The molecule has 3 atom stereocenters. The number of carboxylic acid groups (broad SMARTS) is 1. The number of hydrogen-bond acceptors (Lipinski definition) is 4. The number of carboxylic acids is 1. The number of nitrogens with one attached hydrogen (secondary N) is 1. The fourth-order valence-corrected chi connectivity index (χ4v) is 5.20. The Morgan fingerprint density at radius 1 is 1.06 bits per heavy atom. The van der Waals surface area contributed by atoms with Gasteiger partial charge in [-0.25, -0.2) is 9.59 Å². The summed E-state index contributed by atoms with van der Waals surface area (Å²) in [6, 6.07) is 15.4. The average Bonchev–Trinajstić information content (AvgIpc) is 3.40. The predicted octanol–water partition coefficient (Wildman–Crippen LogP) is 4.02. The largest absolute Gasteiger partial charge is 0.480 e. The van der Waals surface area contributed by atoms with Crippen LogP contribution in [0.4, 0.5) is 4.79 Å². The summed E-state index contributed by atoms with van der Waals surface area (Å²) in [7, 11) is 1.54. The molecule has 0 radical (unpaired) electrons. The first-order valence-electron chi connectivity index (χ1n) is 11.5. The van der Waals surface area contributed by atoms with Crippen molar-refractivity contribution in [2.45, 2.75) is 50.6 Å². The van der Waals surface area contributed by atoms with Gasteiger partial charge in [-0.05, 0) is 47.9 Å². The first-order chi connectivity index (χ1) is 15.9. The van der Waals surface area contributed by atoms with E-state index in [0.29, 0.717) is 25.7 Å². The van der Waals surface area contributed by atoms with Crippen molar-refractivity contribution in [3.8, 4) is 11.1 Å². The van der Waals surface area contributed by atoms with Crippen LogP contribution in [0.15, 0.2) is 48.5 Å². The van der Waals surface area contributed by atoms with Crippen LogP contribution in [0.3, 0.4) is 0 Å². The molecular weight excluding hydrogens is 420 g/mol. The number of ether oxygens (including phenoxy) is 1. The van der Waals surface area contributed by atoms with Crippen LogP contribution >= 0.6 is 0 Å². The number of benzene rings is 2. The maximum absolute atomic E-state index is 12.7. The van der Waals surface area contributed by atoms with Crippen LogP contribution < -0.4 is 5.32 Å². The van der Waals surface area contributed by atoms with E-state index in [4.69, 9.17) is 4.74 Å². The first-order valence-corrected chi connectivity index (χ1v) is 11.5. The summed E-state index contributed by atoms with van der Waals surface area (Å²) >= 11 is 0. The van der Waals surface area contributed by atoms with Gasteiger partial charge in [0.15, 0.2) is 0 Å². The normalized spacial score (nSPS) is 19.9. The van der Waals surface area contributed by atoms with Crippen LogP contribution in [-0.4, -0.2) is 53.7 Å². The van der Waals surface area contributed by atoms with E-state index in [1.165, 1.54) is 23.1 Å². The quantitative estimate of drug-likeness (QED) is 0.664. The Morgan fingerprint density at radius 2 is 1.67 bits per heavy atom. The lowest BCUT2D eigenvalue weighted by Crippen LogP contribution is -2.44. The third-order valence-corrected chi connectivity index (χ3v) is 6.93. The molecule has 2 aliphatic carbocycles. The molecule has 0 saturated heterocycles. The second-order valence-corrected chi connectivity index (χ2v) is 8.89. The number of hydrogen-bond donors (Lipinski definition) is 2. The van der Waals surface area contributed by atoms with Crippen molar-refractivity contribution in [2.24, 2.45) is 5.92 Å². The zero-order valence-electron chi connectivity index (χ0n) is 19.0. The lowest BCUT2D eigenvalue weighted by molar-refractivity contribution is -0.150. The number of fused-ring (bicyclic) bond motifs is 3. The molecular formula is C26H30N2O5. The number of rotatable bonds is 7. The summed E-state index contributed by atoms with van der Waals surface area (Å²) in [5, 5.41) is 12.2. The van der Waals surface area contributed by atoms with Gasteiger partial charge in [-0.1, -0.05) is 55.5 Å². The third kappa shape index (κ3) is 4.58. The molecule has 2 N–H and O–H groups in total. The molecule has 2 aliphatic rings. The van der Waals surface area contributed by atoms with Crippen LogP contribution in [0.5, 0.6) is 0 Å². The summed E-state index contributed by atoms with van der Waals surface area (Å²) < 4.78 is 5.61. The highest BCUT2D eigenvalue weighted by Gasteiger charge is 2.36. The van der Waals surface area contributed by atoms with Crippen LogP contribution in [-0.2, 0) is 14.3 Å². The monoisotopic (exact) mass is 450 g/mol. The van der Waals surface area contributed by atoms with Gasteiger partial charge in [-0.3, -0.25) is 4.79 Å². The van der Waals surface area contributed by atoms with E-state index in [-0.39, 0.29) is 30.4 Å². The Hall–Kier alpha value is -3.35. The zero-order valence-corrected chi connectivity index (χ0v) is 19.0.